The highest BCUT2D eigenvalue weighted by Gasteiger charge is 2.41. The van der Waals surface area contributed by atoms with E-state index in [0.717, 1.165) is 32.9 Å². The Morgan fingerprint density at radius 3 is 1.17 bits per heavy atom. The van der Waals surface area contributed by atoms with Crippen molar-refractivity contribution in [3.05, 3.63) is 70.8 Å². The molecule has 0 aromatic heterocycles. The van der Waals surface area contributed by atoms with Crippen LogP contribution in [0.1, 0.15) is 41.4 Å². The molecule has 10 heteroatoms. The predicted molar refractivity (Wildman–Crippen MR) is 107 cm³/mol. The third-order valence-corrected chi connectivity index (χ3v) is 6.87. The number of carbonyl (C=O) groups is 4. The second-order valence-electron chi connectivity index (χ2n) is 6.62. The van der Waals surface area contributed by atoms with Crippen LogP contribution in [0.25, 0.3) is 0 Å². The van der Waals surface area contributed by atoms with Gasteiger partial charge >= 0.3 is 0 Å². The predicted octanol–water partition coefficient (Wildman–Crippen LogP) is 2.28. The lowest BCUT2D eigenvalue weighted by Gasteiger charge is -2.22. The molecule has 2 aromatic carbocycles. The number of hydrogen-bond acceptors (Lipinski definition) is 8. The summed E-state index contributed by atoms with van der Waals surface area (Å²) in [5.74, 6) is -1.33. The first-order valence-electron chi connectivity index (χ1n) is 8.86. The Hall–Kier alpha value is -2.66. The van der Waals surface area contributed by atoms with Crippen LogP contribution in [-0.2, 0) is 0 Å². The minimum atomic E-state index is -0.331. The van der Waals surface area contributed by atoms with Crippen molar-refractivity contribution in [3.63, 3.8) is 0 Å². The van der Waals surface area contributed by atoms with Crippen LogP contribution in [0.3, 0.4) is 0 Å². The van der Waals surface area contributed by atoms with E-state index >= 15 is 0 Å². The van der Waals surface area contributed by atoms with Gasteiger partial charge in [-0.3, -0.25) is 19.2 Å². The second-order valence-corrected chi connectivity index (χ2v) is 8.71. The van der Waals surface area contributed by atoms with E-state index in [2.05, 4.69) is 0 Å². The fourth-order valence-electron chi connectivity index (χ4n) is 3.39. The molecule has 3 aliphatic heterocycles. The quantitative estimate of drug-likeness (QED) is 0.544. The van der Waals surface area contributed by atoms with Crippen LogP contribution in [-0.4, -0.2) is 60.6 Å². The number of rotatable bonds is 4. The minimum absolute atomic E-state index is 0.331. The van der Waals surface area contributed by atoms with Gasteiger partial charge in [-0.1, -0.05) is 24.3 Å². The van der Waals surface area contributed by atoms with E-state index in [4.69, 9.17) is 0 Å². The van der Waals surface area contributed by atoms with E-state index < -0.39 is 0 Å². The lowest BCUT2D eigenvalue weighted by molar-refractivity contribution is 0.0758. The zero-order chi connectivity index (χ0) is 20.1. The topological polar surface area (TPSA) is 81.2 Å². The highest BCUT2D eigenvalue weighted by Crippen LogP contribution is 2.35. The molecule has 8 nitrogen and oxygen atoms in total. The number of benzene rings is 2. The molecule has 146 valence electrons. The van der Waals surface area contributed by atoms with E-state index in [1.54, 1.807) is 48.5 Å². The highest BCUT2D eigenvalue weighted by molar-refractivity contribution is 7.96. The summed E-state index contributed by atoms with van der Waals surface area (Å²) < 4.78 is 6.02. The van der Waals surface area contributed by atoms with E-state index in [1.165, 1.54) is 0 Å². The summed E-state index contributed by atoms with van der Waals surface area (Å²) in [5.41, 5.74) is 1.62. The fraction of sp³-hybridized carbons (Fsp3) is 0.158. The first-order chi connectivity index (χ1) is 14.0. The molecule has 0 saturated carbocycles. The third-order valence-electron chi connectivity index (χ3n) is 4.82. The van der Waals surface area contributed by atoms with Gasteiger partial charge in [-0.2, -0.15) is 8.61 Å². The molecule has 5 rings (SSSR count). The lowest BCUT2D eigenvalue weighted by Crippen LogP contribution is -2.31. The van der Waals surface area contributed by atoms with Crippen LogP contribution in [0.2, 0.25) is 0 Å². The molecule has 4 amide bonds. The van der Waals surface area contributed by atoms with Crippen LogP contribution < -0.4 is 0 Å². The van der Waals surface area contributed by atoms with Crippen molar-refractivity contribution in [1.82, 2.24) is 17.2 Å². The van der Waals surface area contributed by atoms with Crippen molar-refractivity contribution in [2.45, 2.75) is 0 Å². The summed E-state index contributed by atoms with van der Waals surface area (Å²) in [7, 11) is 0. The molecule has 0 radical (unpaired) electrons. The van der Waals surface area contributed by atoms with E-state index in [9.17, 15) is 19.2 Å². The van der Waals surface area contributed by atoms with Gasteiger partial charge in [0, 0.05) is 13.1 Å². The van der Waals surface area contributed by atoms with Gasteiger partial charge in [-0.25, -0.2) is 8.61 Å². The Balaban J connectivity index is 1.23. The van der Waals surface area contributed by atoms with Crippen molar-refractivity contribution >= 4 is 47.9 Å². The molecule has 2 aromatic rings. The van der Waals surface area contributed by atoms with E-state index in [0.29, 0.717) is 42.0 Å². The summed E-state index contributed by atoms with van der Waals surface area (Å²) in [6, 6.07) is 13.5. The molecule has 0 N–H and O–H groups in total. The molecular weight excluding hydrogens is 412 g/mol. The number of nitrogens with zero attached hydrogens (tertiary/aromatic N) is 4. The van der Waals surface area contributed by atoms with Gasteiger partial charge < -0.3 is 0 Å². The standard InChI is InChI=1S/C19H14N4O4S2/c24-16-12-5-1-2-6-13(12)17(25)22(16)28-20-9-10-21(11-20)29-23-18(26)14-7-3-4-8-15(14)19(23)27/h1-8H,9-11H2. The van der Waals surface area contributed by atoms with Crippen molar-refractivity contribution in [3.8, 4) is 0 Å². The summed E-state index contributed by atoms with van der Waals surface area (Å²) in [6.45, 7) is 1.54. The molecule has 0 atom stereocenters. The monoisotopic (exact) mass is 426 g/mol. The first-order valence-corrected chi connectivity index (χ1v) is 10.3. The summed E-state index contributed by atoms with van der Waals surface area (Å²) in [4.78, 5) is 50.0. The van der Waals surface area contributed by atoms with Gasteiger partial charge in [0.1, 0.15) is 0 Å². The Bertz CT molecular complexity index is 922. The zero-order valence-electron chi connectivity index (χ0n) is 15.0. The highest BCUT2D eigenvalue weighted by atomic mass is 32.2. The minimum Gasteiger partial charge on any atom is -0.268 e. The SMILES string of the molecule is O=C1c2ccccc2C(=O)N1SN1CCN(SN2C(=O)c3ccccc3C2=O)C1. The van der Waals surface area contributed by atoms with Crippen molar-refractivity contribution in [2.75, 3.05) is 19.8 Å². The number of amides is 4. The number of hydrogen-bond donors (Lipinski definition) is 0. The van der Waals surface area contributed by atoms with Gasteiger partial charge in [0.15, 0.2) is 0 Å². The maximum absolute atomic E-state index is 12.5. The normalized spacial score (nSPS) is 19.4. The van der Waals surface area contributed by atoms with Crippen LogP contribution in [0.15, 0.2) is 48.5 Å². The maximum Gasteiger partial charge on any atom is 0.272 e. The smallest absolute Gasteiger partial charge is 0.268 e. The largest absolute Gasteiger partial charge is 0.272 e. The van der Waals surface area contributed by atoms with Gasteiger partial charge in [0.2, 0.25) is 0 Å². The van der Waals surface area contributed by atoms with Crippen LogP contribution in [0.5, 0.6) is 0 Å². The van der Waals surface area contributed by atoms with Gasteiger partial charge in [0.05, 0.1) is 53.2 Å². The van der Waals surface area contributed by atoms with E-state index in [-0.39, 0.29) is 23.6 Å². The molecule has 0 bridgehead atoms. The maximum atomic E-state index is 12.5. The summed E-state index contributed by atoms with van der Waals surface area (Å²) >= 11 is 2.12. The Morgan fingerprint density at radius 2 is 0.862 bits per heavy atom. The Kier molecular flexibility index (Phi) is 4.43. The summed E-state index contributed by atoms with van der Waals surface area (Å²) in [5, 5.41) is 0. The second kappa shape index (κ2) is 6.99. The van der Waals surface area contributed by atoms with Gasteiger partial charge in [-0.15, -0.1) is 0 Å². The molecule has 29 heavy (non-hydrogen) atoms. The molecule has 0 spiro atoms. The molecule has 0 unspecified atom stereocenters. The van der Waals surface area contributed by atoms with Crippen molar-refractivity contribution < 1.29 is 19.2 Å². The zero-order valence-corrected chi connectivity index (χ0v) is 16.6. The van der Waals surface area contributed by atoms with Crippen LogP contribution in [0.4, 0.5) is 0 Å². The average molecular weight is 426 g/mol. The number of fused-ring (bicyclic) bond motifs is 2. The Labute approximate surface area is 174 Å². The molecule has 3 heterocycles. The fourth-order valence-corrected chi connectivity index (χ4v) is 5.32. The van der Waals surface area contributed by atoms with Gasteiger partial charge in [-0.05, 0) is 24.3 Å². The molecule has 1 saturated heterocycles. The molecular formula is C19H14N4O4S2. The Morgan fingerprint density at radius 1 is 0.552 bits per heavy atom. The molecule has 1 fully saturated rings. The van der Waals surface area contributed by atoms with Gasteiger partial charge in [0.25, 0.3) is 23.6 Å². The van der Waals surface area contributed by atoms with Crippen LogP contribution in [0, 0.1) is 0 Å². The molecule has 0 aliphatic carbocycles. The summed E-state index contributed by atoms with van der Waals surface area (Å²) in [6.07, 6.45) is 0. The average Bonchev–Trinajstić information content (AvgIpc) is 3.36. The lowest BCUT2D eigenvalue weighted by atomic mass is 10.1. The van der Waals surface area contributed by atoms with E-state index in [1.807, 2.05) is 8.61 Å². The first kappa shape index (κ1) is 18.4. The molecule has 3 aliphatic rings. The van der Waals surface area contributed by atoms with Crippen LogP contribution >= 0.6 is 24.3 Å². The van der Waals surface area contributed by atoms with Crippen molar-refractivity contribution in [2.24, 2.45) is 0 Å². The van der Waals surface area contributed by atoms with Crippen molar-refractivity contribution in [1.29, 1.82) is 0 Å². The number of carbonyl (C=O) groups excluding carboxylic acids is 4. The third kappa shape index (κ3) is 2.96. The number of imide groups is 2.